The first-order chi connectivity index (χ1) is 7.72. The van der Waals surface area contributed by atoms with Gasteiger partial charge in [0.05, 0.1) is 6.61 Å². The second-order valence-corrected chi connectivity index (χ2v) is 4.08. The number of amides is 1. The molecule has 0 saturated heterocycles. The van der Waals surface area contributed by atoms with Crippen molar-refractivity contribution in [3.05, 3.63) is 29.8 Å². The summed E-state index contributed by atoms with van der Waals surface area (Å²) >= 11 is 0. The first-order valence-electron chi connectivity index (χ1n) is 5.49. The zero-order valence-electron chi connectivity index (χ0n) is 9.10. The molecule has 0 radical (unpaired) electrons. The van der Waals surface area contributed by atoms with E-state index < -0.39 is 0 Å². The number of nitrogens with zero attached hydrogens (tertiary/aromatic N) is 1. The van der Waals surface area contributed by atoms with Gasteiger partial charge < -0.3 is 15.7 Å². The fourth-order valence-corrected chi connectivity index (χ4v) is 1.74. The molecule has 0 unspecified atom stereocenters. The van der Waals surface area contributed by atoms with E-state index in [1.165, 1.54) is 0 Å². The predicted molar refractivity (Wildman–Crippen MR) is 62.0 cm³/mol. The number of hydrogen-bond acceptors (Lipinski definition) is 3. The van der Waals surface area contributed by atoms with Crippen LogP contribution in [-0.2, 0) is 0 Å². The number of carbonyl (C=O) groups excluding carboxylic acids is 1. The van der Waals surface area contributed by atoms with Crippen molar-refractivity contribution in [2.24, 2.45) is 0 Å². The molecule has 1 saturated carbocycles. The van der Waals surface area contributed by atoms with Gasteiger partial charge in [0, 0.05) is 23.8 Å². The highest BCUT2D eigenvalue weighted by Crippen LogP contribution is 2.28. The molecule has 1 aliphatic rings. The van der Waals surface area contributed by atoms with E-state index in [9.17, 15) is 4.79 Å². The number of nitrogens with two attached hydrogens (primary N) is 1. The van der Waals surface area contributed by atoms with E-state index in [0.717, 1.165) is 12.8 Å². The summed E-state index contributed by atoms with van der Waals surface area (Å²) in [5, 5.41) is 8.94. The van der Waals surface area contributed by atoms with Crippen LogP contribution in [0.3, 0.4) is 0 Å². The van der Waals surface area contributed by atoms with Gasteiger partial charge in [0.15, 0.2) is 0 Å². The number of nitrogen functional groups attached to an aromatic ring is 1. The first kappa shape index (κ1) is 11.0. The van der Waals surface area contributed by atoms with Crippen molar-refractivity contribution < 1.29 is 9.90 Å². The number of aliphatic hydroxyl groups is 1. The lowest BCUT2D eigenvalue weighted by atomic mass is 10.2. The van der Waals surface area contributed by atoms with Crippen molar-refractivity contribution >= 4 is 11.6 Å². The number of rotatable bonds is 4. The van der Waals surface area contributed by atoms with Crippen molar-refractivity contribution in [2.75, 3.05) is 18.9 Å². The molecular formula is C12H16N2O2. The normalized spacial score (nSPS) is 14.8. The Balaban J connectivity index is 2.12. The minimum Gasteiger partial charge on any atom is -0.399 e. The summed E-state index contributed by atoms with van der Waals surface area (Å²) in [5.41, 5.74) is 6.85. The molecule has 2 rings (SSSR count). The molecule has 0 bridgehead atoms. The Bertz CT molecular complexity index is 371. The summed E-state index contributed by atoms with van der Waals surface area (Å²) in [6, 6.07) is 7.21. The largest absolute Gasteiger partial charge is 0.399 e. The highest BCUT2D eigenvalue weighted by Gasteiger charge is 2.32. The molecule has 1 aliphatic carbocycles. The van der Waals surface area contributed by atoms with E-state index in [1.54, 1.807) is 29.2 Å². The zero-order chi connectivity index (χ0) is 11.5. The Morgan fingerprint density at radius 2 is 2.00 bits per heavy atom. The second kappa shape index (κ2) is 4.53. The molecule has 1 fully saturated rings. The SMILES string of the molecule is Nc1ccc(C(=O)N(CCO)C2CC2)cc1. The monoisotopic (exact) mass is 220 g/mol. The van der Waals surface area contributed by atoms with Crippen LogP contribution in [0, 0.1) is 0 Å². The van der Waals surface area contributed by atoms with Crippen molar-refractivity contribution in [3.63, 3.8) is 0 Å². The van der Waals surface area contributed by atoms with Crippen molar-refractivity contribution in [3.8, 4) is 0 Å². The highest BCUT2D eigenvalue weighted by atomic mass is 16.3. The molecule has 1 amide bonds. The molecule has 4 nitrogen and oxygen atoms in total. The van der Waals surface area contributed by atoms with Gasteiger partial charge in [0.25, 0.3) is 5.91 Å². The van der Waals surface area contributed by atoms with Gasteiger partial charge >= 0.3 is 0 Å². The van der Waals surface area contributed by atoms with Crippen LogP contribution < -0.4 is 5.73 Å². The highest BCUT2D eigenvalue weighted by molar-refractivity contribution is 5.94. The third-order valence-corrected chi connectivity index (χ3v) is 2.75. The maximum Gasteiger partial charge on any atom is 0.254 e. The molecule has 3 N–H and O–H groups in total. The van der Waals surface area contributed by atoms with E-state index in [0.29, 0.717) is 23.8 Å². The Morgan fingerprint density at radius 3 is 2.50 bits per heavy atom. The Morgan fingerprint density at radius 1 is 1.38 bits per heavy atom. The van der Waals surface area contributed by atoms with Gasteiger partial charge in [-0.1, -0.05) is 0 Å². The lowest BCUT2D eigenvalue weighted by Crippen LogP contribution is -2.35. The minimum absolute atomic E-state index is 0.0111. The lowest BCUT2D eigenvalue weighted by molar-refractivity contribution is 0.0707. The molecular weight excluding hydrogens is 204 g/mol. The van der Waals surface area contributed by atoms with E-state index in [1.807, 2.05) is 0 Å². The molecule has 0 spiro atoms. The molecule has 0 atom stereocenters. The lowest BCUT2D eigenvalue weighted by Gasteiger charge is -2.21. The molecule has 1 aromatic carbocycles. The smallest absolute Gasteiger partial charge is 0.254 e. The maximum absolute atomic E-state index is 12.1. The summed E-state index contributed by atoms with van der Waals surface area (Å²) < 4.78 is 0. The van der Waals surface area contributed by atoms with Gasteiger partial charge in [0.1, 0.15) is 0 Å². The molecule has 0 heterocycles. The van der Waals surface area contributed by atoms with Gasteiger partial charge in [-0.2, -0.15) is 0 Å². The second-order valence-electron chi connectivity index (χ2n) is 4.08. The topological polar surface area (TPSA) is 66.6 Å². The molecule has 1 aromatic rings. The van der Waals surface area contributed by atoms with E-state index in [2.05, 4.69) is 0 Å². The van der Waals surface area contributed by atoms with E-state index in [-0.39, 0.29) is 12.5 Å². The van der Waals surface area contributed by atoms with Gasteiger partial charge in [-0.05, 0) is 37.1 Å². The first-order valence-corrected chi connectivity index (χ1v) is 5.49. The third kappa shape index (κ3) is 2.33. The predicted octanol–water partition coefficient (Wildman–Crippen LogP) is 0.866. The van der Waals surface area contributed by atoms with Gasteiger partial charge in [0.2, 0.25) is 0 Å². The molecule has 16 heavy (non-hydrogen) atoms. The van der Waals surface area contributed by atoms with Crippen LogP contribution in [0.1, 0.15) is 23.2 Å². The van der Waals surface area contributed by atoms with Crippen LogP contribution in [-0.4, -0.2) is 35.1 Å². The number of carbonyl (C=O) groups is 1. The quantitative estimate of drug-likeness (QED) is 0.740. The van der Waals surface area contributed by atoms with Gasteiger partial charge in [-0.15, -0.1) is 0 Å². The average Bonchev–Trinajstić information content (AvgIpc) is 3.10. The van der Waals surface area contributed by atoms with Crippen LogP contribution in [0.25, 0.3) is 0 Å². The summed E-state index contributed by atoms with van der Waals surface area (Å²) in [4.78, 5) is 13.8. The van der Waals surface area contributed by atoms with Crippen LogP contribution in [0.5, 0.6) is 0 Å². The fourth-order valence-electron chi connectivity index (χ4n) is 1.74. The number of aliphatic hydroxyl groups excluding tert-OH is 1. The molecule has 0 aliphatic heterocycles. The van der Waals surface area contributed by atoms with Crippen molar-refractivity contribution in [1.82, 2.24) is 4.90 Å². The van der Waals surface area contributed by atoms with Crippen molar-refractivity contribution in [1.29, 1.82) is 0 Å². The van der Waals surface area contributed by atoms with Gasteiger partial charge in [-0.25, -0.2) is 0 Å². The fraction of sp³-hybridized carbons (Fsp3) is 0.417. The maximum atomic E-state index is 12.1. The molecule has 86 valence electrons. The Labute approximate surface area is 94.7 Å². The van der Waals surface area contributed by atoms with Crippen LogP contribution in [0.15, 0.2) is 24.3 Å². The Kier molecular flexibility index (Phi) is 3.10. The summed E-state index contributed by atoms with van der Waals surface area (Å²) in [6.07, 6.45) is 2.08. The standard InChI is InChI=1S/C12H16N2O2/c13-10-3-1-9(2-4-10)12(16)14(7-8-15)11-5-6-11/h1-4,11,15H,5-8,13H2. The number of anilines is 1. The van der Waals surface area contributed by atoms with Crippen LogP contribution in [0.2, 0.25) is 0 Å². The summed E-state index contributed by atoms with van der Waals surface area (Å²) in [6.45, 7) is 0.422. The number of benzene rings is 1. The van der Waals surface area contributed by atoms with Crippen LogP contribution in [0.4, 0.5) is 5.69 Å². The summed E-state index contributed by atoms with van der Waals surface area (Å²) in [5.74, 6) is -0.0171. The van der Waals surface area contributed by atoms with Crippen LogP contribution >= 0.6 is 0 Å². The van der Waals surface area contributed by atoms with E-state index >= 15 is 0 Å². The minimum atomic E-state index is -0.0171. The third-order valence-electron chi connectivity index (χ3n) is 2.75. The van der Waals surface area contributed by atoms with Crippen molar-refractivity contribution in [2.45, 2.75) is 18.9 Å². The Hall–Kier alpha value is -1.55. The molecule has 0 aromatic heterocycles. The molecule has 4 heteroatoms. The van der Waals surface area contributed by atoms with E-state index in [4.69, 9.17) is 10.8 Å². The number of hydrogen-bond donors (Lipinski definition) is 2. The average molecular weight is 220 g/mol. The van der Waals surface area contributed by atoms with Gasteiger partial charge in [-0.3, -0.25) is 4.79 Å². The summed E-state index contributed by atoms with van der Waals surface area (Å²) in [7, 11) is 0. The zero-order valence-corrected chi connectivity index (χ0v) is 9.10.